The third-order valence-electron chi connectivity index (χ3n) is 0.758. The van der Waals surface area contributed by atoms with Gasteiger partial charge in [-0.25, -0.2) is 14.7 Å². The van der Waals surface area contributed by atoms with E-state index >= 15 is 0 Å². The van der Waals surface area contributed by atoms with Gasteiger partial charge in [0.25, 0.3) is 0 Å². The molecule has 5 heteroatoms. The van der Waals surface area contributed by atoms with Crippen molar-refractivity contribution in [3.63, 3.8) is 0 Å². The minimum atomic E-state index is -1.31. The van der Waals surface area contributed by atoms with Crippen molar-refractivity contribution in [1.82, 2.24) is 0 Å². The summed E-state index contributed by atoms with van der Waals surface area (Å²) in [6.45, 7) is 5.81. The molecule has 0 aromatic rings. The molecule has 0 rings (SSSR count). The summed E-state index contributed by atoms with van der Waals surface area (Å²) in [6.07, 6.45) is -0.472. The number of rotatable bonds is 3. The molecule has 0 aromatic heterocycles. The average molecular weight is 187 g/mol. The molecule has 0 bridgehead atoms. The number of hydrogen-bond acceptors (Lipinski definition) is 3. The minimum Gasteiger partial charge on any atom is -0.478 e. The van der Waals surface area contributed by atoms with Crippen LogP contribution < -0.4 is 0 Å². The van der Waals surface area contributed by atoms with Crippen molar-refractivity contribution >= 4 is 17.7 Å². The first-order valence-electron chi connectivity index (χ1n) is 3.35. The van der Waals surface area contributed by atoms with E-state index in [0.29, 0.717) is 0 Å². The molecular formula is C8H11O5. The molecular weight excluding hydrogens is 176 g/mol. The fraction of sp³-hybridized carbons (Fsp3) is 0.375. The maximum atomic E-state index is 9.83. The van der Waals surface area contributed by atoms with Crippen LogP contribution in [0.15, 0.2) is 12.2 Å². The van der Waals surface area contributed by atoms with Gasteiger partial charge in [0.05, 0.1) is 0 Å². The summed E-state index contributed by atoms with van der Waals surface area (Å²) in [5.74, 6) is -2.62. The summed E-state index contributed by atoms with van der Waals surface area (Å²) in [5, 5.41) is 17.4. The Balaban J connectivity index is 0. The highest BCUT2D eigenvalue weighted by Crippen LogP contribution is 1.81. The number of carboxylic acids is 1. The third-order valence-corrected chi connectivity index (χ3v) is 0.758. The SMILES string of the molecule is C=C(C)C(=O)O.CC(=O)CC([O])=O. The van der Waals surface area contributed by atoms with E-state index in [9.17, 15) is 19.5 Å². The summed E-state index contributed by atoms with van der Waals surface area (Å²) in [6, 6.07) is 0. The van der Waals surface area contributed by atoms with E-state index in [1.807, 2.05) is 0 Å². The van der Waals surface area contributed by atoms with Crippen molar-refractivity contribution in [3.8, 4) is 0 Å². The van der Waals surface area contributed by atoms with Crippen molar-refractivity contribution in [1.29, 1.82) is 0 Å². The Bertz CT molecular complexity index is 205. The Kier molecular flexibility index (Phi) is 7.51. The quantitative estimate of drug-likeness (QED) is 0.516. The lowest BCUT2D eigenvalue weighted by Gasteiger charge is -1.79. The third kappa shape index (κ3) is 17.9. The van der Waals surface area contributed by atoms with E-state index in [1.165, 1.54) is 13.8 Å². The number of carbonyl (C=O) groups excluding carboxylic acids is 2. The van der Waals surface area contributed by atoms with Crippen molar-refractivity contribution in [2.24, 2.45) is 0 Å². The standard InChI is InChI=1S/C4H5O3.C4H6O2/c1-3(5)2-4(6)7;1-3(2)4(5)6/h2H2,1H3;1H2,2H3,(H,5,6). The van der Waals surface area contributed by atoms with Crippen molar-refractivity contribution < 1.29 is 24.6 Å². The van der Waals surface area contributed by atoms with Gasteiger partial charge >= 0.3 is 11.9 Å². The molecule has 0 amide bonds. The first-order valence-corrected chi connectivity index (χ1v) is 3.35. The van der Waals surface area contributed by atoms with Crippen molar-refractivity contribution in [3.05, 3.63) is 12.2 Å². The monoisotopic (exact) mass is 187 g/mol. The summed E-state index contributed by atoms with van der Waals surface area (Å²) >= 11 is 0. The summed E-state index contributed by atoms with van der Waals surface area (Å²) < 4.78 is 0. The molecule has 0 spiro atoms. The number of Topliss-reactive ketones (excluding diaryl/α,β-unsaturated/α-hetero) is 1. The van der Waals surface area contributed by atoms with Gasteiger partial charge in [-0.05, 0) is 13.8 Å². The van der Waals surface area contributed by atoms with Gasteiger partial charge in [0, 0.05) is 5.57 Å². The minimum absolute atomic E-state index is 0.176. The molecule has 0 saturated carbocycles. The number of carbonyl (C=O) groups is 3. The lowest BCUT2D eigenvalue weighted by Crippen LogP contribution is -1.99. The van der Waals surface area contributed by atoms with Gasteiger partial charge in [-0.3, -0.25) is 4.79 Å². The average Bonchev–Trinajstić information content (AvgIpc) is 1.84. The Morgan fingerprint density at radius 2 is 1.54 bits per heavy atom. The Hall–Kier alpha value is -1.65. The molecule has 0 unspecified atom stereocenters. The number of hydrogen-bond donors (Lipinski definition) is 1. The zero-order valence-electron chi connectivity index (χ0n) is 7.49. The van der Waals surface area contributed by atoms with Crippen LogP contribution in [0.2, 0.25) is 0 Å². The molecule has 0 aliphatic carbocycles. The molecule has 1 N–H and O–H groups in total. The molecule has 0 atom stereocenters. The van der Waals surface area contributed by atoms with E-state index in [0.717, 1.165) is 0 Å². The lowest BCUT2D eigenvalue weighted by molar-refractivity contribution is -0.145. The number of carboxylic acid groups (broad SMARTS) is 1. The highest BCUT2D eigenvalue weighted by atomic mass is 16.4. The highest BCUT2D eigenvalue weighted by molar-refractivity contribution is 5.92. The van der Waals surface area contributed by atoms with Crippen LogP contribution in [0.25, 0.3) is 0 Å². The van der Waals surface area contributed by atoms with Crippen LogP contribution in [0.4, 0.5) is 0 Å². The second-order valence-electron chi connectivity index (χ2n) is 2.34. The van der Waals surface area contributed by atoms with Gasteiger partial charge in [0.2, 0.25) is 0 Å². The maximum Gasteiger partial charge on any atom is 0.362 e. The van der Waals surface area contributed by atoms with Gasteiger partial charge in [0.1, 0.15) is 12.2 Å². The van der Waals surface area contributed by atoms with Gasteiger partial charge < -0.3 is 5.11 Å². The second-order valence-corrected chi connectivity index (χ2v) is 2.34. The van der Waals surface area contributed by atoms with E-state index in [4.69, 9.17) is 5.11 Å². The Morgan fingerprint density at radius 3 is 1.54 bits per heavy atom. The molecule has 0 heterocycles. The normalized spacial score (nSPS) is 7.85. The lowest BCUT2D eigenvalue weighted by atomic mass is 10.3. The summed E-state index contributed by atoms with van der Waals surface area (Å²) in [7, 11) is 0. The van der Waals surface area contributed by atoms with E-state index in [2.05, 4.69) is 6.58 Å². The van der Waals surface area contributed by atoms with Crippen molar-refractivity contribution in [2.75, 3.05) is 0 Å². The van der Waals surface area contributed by atoms with Gasteiger partial charge in [-0.2, -0.15) is 0 Å². The molecule has 0 fully saturated rings. The molecule has 13 heavy (non-hydrogen) atoms. The summed E-state index contributed by atoms with van der Waals surface area (Å²) in [4.78, 5) is 28.9. The predicted molar refractivity (Wildman–Crippen MR) is 43.4 cm³/mol. The van der Waals surface area contributed by atoms with E-state index < -0.39 is 18.4 Å². The fourth-order valence-corrected chi connectivity index (χ4v) is 0.203. The van der Waals surface area contributed by atoms with Crippen LogP contribution in [-0.4, -0.2) is 22.8 Å². The topological polar surface area (TPSA) is 91.3 Å². The molecule has 73 valence electrons. The number of aliphatic carboxylic acids is 1. The molecule has 0 aliphatic rings. The predicted octanol–water partition coefficient (Wildman–Crippen LogP) is 0.570. The molecule has 0 saturated heterocycles. The van der Waals surface area contributed by atoms with Crippen molar-refractivity contribution in [2.45, 2.75) is 20.3 Å². The van der Waals surface area contributed by atoms with Gasteiger partial charge in [-0.1, -0.05) is 6.58 Å². The first-order chi connectivity index (χ1) is 5.77. The fourth-order valence-electron chi connectivity index (χ4n) is 0.203. The van der Waals surface area contributed by atoms with Crippen LogP contribution in [0.1, 0.15) is 20.3 Å². The Morgan fingerprint density at radius 1 is 1.23 bits per heavy atom. The van der Waals surface area contributed by atoms with Crippen LogP contribution in [0.5, 0.6) is 0 Å². The second kappa shape index (κ2) is 7.02. The van der Waals surface area contributed by atoms with Crippen LogP contribution in [0.3, 0.4) is 0 Å². The van der Waals surface area contributed by atoms with Crippen LogP contribution in [-0.2, 0) is 19.5 Å². The molecule has 0 aliphatic heterocycles. The van der Waals surface area contributed by atoms with E-state index in [-0.39, 0.29) is 11.4 Å². The van der Waals surface area contributed by atoms with Gasteiger partial charge in [0.15, 0.2) is 0 Å². The Labute approximate surface area is 75.7 Å². The maximum absolute atomic E-state index is 9.83. The smallest absolute Gasteiger partial charge is 0.362 e. The summed E-state index contributed by atoms with van der Waals surface area (Å²) in [5.41, 5.74) is 0.176. The van der Waals surface area contributed by atoms with Gasteiger partial charge in [-0.15, -0.1) is 0 Å². The first kappa shape index (κ1) is 13.9. The van der Waals surface area contributed by atoms with E-state index in [1.54, 1.807) is 0 Å². The highest BCUT2D eigenvalue weighted by Gasteiger charge is 2.01. The largest absolute Gasteiger partial charge is 0.478 e. The van der Waals surface area contributed by atoms with Crippen LogP contribution >= 0.6 is 0 Å². The molecule has 1 radical (unpaired) electrons. The zero-order chi connectivity index (χ0) is 11.0. The molecule has 0 aromatic carbocycles. The number of ketones is 1. The molecule has 5 nitrogen and oxygen atoms in total. The zero-order valence-corrected chi connectivity index (χ0v) is 7.49. The van der Waals surface area contributed by atoms with Crippen LogP contribution in [0, 0.1) is 0 Å².